The number of nitrogens with zero attached hydrogens (tertiary/aromatic N) is 3. The van der Waals surface area contributed by atoms with Crippen LogP contribution in [0.2, 0.25) is 0 Å². The molecule has 0 spiro atoms. The smallest absolute Gasteiger partial charge is 0.240 e. The molecule has 160 valence electrons. The van der Waals surface area contributed by atoms with Crippen LogP contribution in [0.5, 0.6) is 0 Å². The van der Waals surface area contributed by atoms with Crippen molar-refractivity contribution in [2.75, 3.05) is 12.4 Å². The molecule has 4 aliphatic carbocycles. The first-order chi connectivity index (χ1) is 14.2. The van der Waals surface area contributed by atoms with Gasteiger partial charge in [-0.15, -0.1) is 5.10 Å². The highest BCUT2D eigenvalue weighted by Gasteiger charge is 2.61. The number of nitrogens with one attached hydrogen (secondary N) is 2. The minimum Gasteiger partial charge on any atom is -0.326 e. The van der Waals surface area contributed by atoms with Crippen LogP contribution in [0.4, 0.5) is 5.69 Å². The lowest BCUT2D eigenvalue weighted by atomic mass is 9.46. The number of benzene rings is 1. The van der Waals surface area contributed by atoms with Crippen molar-refractivity contribution in [2.45, 2.75) is 49.0 Å². The Hall–Kier alpha value is -1.78. The molecule has 4 aliphatic rings. The van der Waals surface area contributed by atoms with Crippen LogP contribution in [-0.4, -0.2) is 36.1 Å². The number of carbonyl (C=O) groups is 1. The monoisotopic (exact) mass is 493 g/mol. The SMILES string of the molecule is CNS(=O)(=O)c1ccc(NC(=O)C23C[C@@H]4C[C@@H](C2)CC(n2cnc(Br)n2)(C4)C3)cc1. The molecule has 4 fully saturated rings. The summed E-state index contributed by atoms with van der Waals surface area (Å²) in [6, 6.07) is 6.31. The molecule has 1 amide bonds. The number of aromatic nitrogens is 3. The Balaban J connectivity index is 1.40. The van der Waals surface area contributed by atoms with Gasteiger partial charge in [0, 0.05) is 5.69 Å². The molecular weight excluding hydrogens is 470 g/mol. The number of sulfonamides is 1. The summed E-state index contributed by atoms with van der Waals surface area (Å²) < 4.78 is 28.7. The molecule has 1 aromatic carbocycles. The second-order valence-corrected chi connectivity index (χ2v) is 11.7. The summed E-state index contributed by atoms with van der Waals surface area (Å²) in [5.74, 6) is 1.07. The molecule has 6 rings (SSSR count). The van der Waals surface area contributed by atoms with Crippen LogP contribution in [0, 0.1) is 17.3 Å². The van der Waals surface area contributed by atoms with Gasteiger partial charge in [-0.3, -0.25) is 4.79 Å². The first-order valence-corrected chi connectivity index (χ1v) is 12.4. The number of hydrogen-bond donors (Lipinski definition) is 2. The minimum absolute atomic E-state index is 0.0318. The first kappa shape index (κ1) is 20.1. The lowest BCUT2D eigenvalue weighted by molar-refractivity contribution is -0.150. The highest BCUT2D eigenvalue weighted by Crippen LogP contribution is 2.64. The maximum Gasteiger partial charge on any atom is 0.240 e. The molecule has 8 nitrogen and oxygen atoms in total. The van der Waals surface area contributed by atoms with Crippen molar-refractivity contribution in [2.24, 2.45) is 17.3 Å². The Morgan fingerprint density at radius 1 is 1.17 bits per heavy atom. The molecule has 1 heterocycles. The average molecular weight is 494 g/mol. The van der Waals surface area contributed by atoms with Gasteiger partial charge in [0.2, 0.25) is 20.7 Å². The van der Waals surface area contributed by atoms with Gasteiger partial charge in [0.1, 0.15) is 6.33 Å². The van der Waals surface area contributed by atoms with Gasteiger partial charge in [-0.25, -0.2) is 22.8 Å². The van der Waals surface area contributed by atoms with Crippen LogP contribution in [-0.2, 0) is 20.4 Å². The van der Waals surface area contributed by atoms with Crippen LogP contribution in [0.15, 0.2) is 40.2 Å². The van der Waals surface area contributed by atoms with Gasteiger partial charge in [-0.1, -0.05) is 0 Å². The van der Waals surface area contributed by atoms with Crippen LogP contribution >= 0.6 is 15.9 Å². The van der Waals surface area contributed by atoms with E-state index in [2.05, 4.69) is 36.1 Å². The summed E-state index contributed by atoms with van der Waals surface area (Å²) in [5.41, 5.74) is 0.0481. The van der Waals surface area contributed by atoms with Gasteiger partial charge in [0.05, 0.1) is 15.8 Å². The second kappa shape index (κ2) is 6.86. The molecule has 10 heteroatoms. The van der Waals surface area contributed by atoms with E-state index in [9.17, 15) is 13.2 Å². The van der Waals surface area contributed by atoms with Crippen LogP contribution in [0.1, 0.15) is 38.5 Å². The summed E-state index contributed by atoms with van der Waals surface area (Å²) in [6.07, 6.45) is 7.63. The topological polar surface area (TPSA) is 106 Å². The predicted octanol–water partition coefficient (Wildman–Crippen LogP) is 2.88. The van der Waals surface area contributed by atoms with Gasteiger partial charge < -0.3 is 5.32 Å². The number of hydrogen-bond acceptors (Lipinski definition) is 5. The highest BCUT2D eigenvalue weighted by molar-refractivity contribution is 9.10. The summed E-state index contributed by atoms with van der Waals surface area (Å²) >= 11 is 3.35. The number of amides is 1. The molecular formula is C20H24BrN5O3S. The first-order valence-electron chi connectivity index (χ1n) is 10.2. The third kappa shape index (κ3) is 3.20. The van der Waals surface area contributed by atoms with Gasteiger partial charge in [-0.2, -0.15) is 0 Å². The van der Waals surface area contributed by atoms with Gasteiger partial charge >= 0.3 is 0 Å². The summed E-state index contributed by atoms with van der Waals surface area (Å²) in [7, 11) is -2.12. The Kier molecular flexibility index (Phi) is 4.61. The Morgan fingerprint density at radius 3 is 2.40 bits per heavy atom. The molecule has 30 heavy (non-hydrogen) atoms. The lowest BCUT2D eigenvalue weighted by Crippen LogP contribution is -2.60. The van der Waals surface area contributed by atoms with Crippen molar-refractivity contribution >= 4 is 37.5 Å². The van der Waals surface area contributed by atoms with E-state index in [0.717, 1.165) is 32.1 Å². The quantitative estimate of drug-likeness (QED) is 0.665. The van der Waals surface area contributed by atoms with Crippen LogP contribution < -0.4 is 10.0 Å². The molecule has 4 saturated carbocycles. The fourth-order valence-corrected chi connectivity index (χ4v) is 7.31. The number of halogens is 1. The molecule has 0 unspecified atom stereocenters. The lowest BCUT2D eigenvalue weighted by Gasteiger charge is -2.60. The Labute approximate surface area is 184 Å². The highest BCUT2D eigenvalue weighted by atomic mass is 79.9. The Bertz CT molecular complexity index is 1080. The van der Waals surface area contributed by atoms with Gasteiger partial charge in [0.25, 0.3) is 0 Å². The zero-order valence-corrected chi connectivity index (χ0v) is 19.0. The van der Waals surface area contributed by atoms with E-state index >= 15 is 0 Å². The average Bonchev–Trinajstić information content (AvgIpc) is 3.15. The predicted molar refractivity (Wildman–Crippen MR) is 114 cm³/mol. The third-order valence-electron chi connectivity index (χ3n) is 7.15. The van der Waals surface area contributed by atoms with E-state index in [4.69, 9.17) is 0 Å². The largest absolute Gasteiger partial charge is 0.326 e. The molecule has 0 radical (unpaired) electrons. The minimum atomic E-state index is -3.50. The van der Waals surface area contributed by atoms with Crippen molar-refractivity contribution in [1.82, 2.24) is 19.5 Å². The maximum atomic E-state index is 13.5. The molecule has 1 aromatic heterocycles. The van der Waals surface area contributed by atoms with Gasteiger partial charge in [-0.05, 0) is 97.6 Å². The van der Waals surface area contributed by atoms with Crippen molar-refractivity contribution in [1.29, 1.82) is 0 Å². The van der Waals surface area contributed by atoms with Crippen molar-refractivity contribution in [3.8, 4) is 0 Å². The third-order valence-corrected chi connectivity index (χ3v) is 8.95. The molecule has 0 aliphatic heterocycles. The van der Waals surface area contributed by atoms with Crippen molar-refractivity contribution < 1.29 is 13.2 Å². The van der Waals surface area contributed by atoms with E-state index in [1.54, 1.807) is 18.5 Å². The number of carbonyl (C=O) groups excluding carboxylic acids is 1. The van der Waals surface area contributed by atoms with Crippen molar-refractivity contribution in [3.63, 3.8) is 0 Å². The van der Waals surface area contributed by atoms with E-state index in [-0.39, 0.29) is 16.3 Å². The van der Waals surface area contributed by atoms with E-state index in [1.807, 2.05) is 4.68 Å². The molecule has 2 atom stereocenters. The summed E-state index contributed by atoms with van der Waals surface area (Å²) in [5, 5.41) is 7.60. The van der Waals surface area contributed by atoms with E-state index in [0.29, 0.717) is 22.3 Å². The summed E-state index contributed by atoms with van der Waals surface area (Å²) in [4.78, 5) is 17.9. The fourth-order valence-electron chi connectivity index (χ4n) is 6.32. The van der Waals surface area contributed by atoms with Crippen LogP contribution in [0.3, 0.4) is 0 Å². The number of rotatable bonds is 5. The van der Waals surface area contributed by atoms with E-state index in [1.165, 1.54) is 25.6 Å². The zero-order valence-electron chi connectivity index (χ0n) is 16.6. The second-order valence-electron chi connectivity index (χ2n) is 9.11. The molecule has 4 bridgehead atoms. The molecule has 0 saturated heterocycles. The normalized spacial score (nSPS) is 32.3. The summed E-state index contributed by atoms with van der Waals surface area (Å²) in [6.45, 7) is 0. The molecule has 2 N–H and O–H groups in total. The Morgan fingerprint density at radius 2 is 1.83 bits per heavy atom. The van der Waals surface area contributed by atoms with Gasteiger partial charge in [0.15, 0.2) is 0 Å². The molecule has 2 aromatic rings. The fraction of sp³-hybridized carbons (Fsp3) is 0.550. The standard InChI is InChI=1S/C20H24BrN5O3S/c1-22-30(28,29)16-4-2-15(3-5-16)24-17(27)19-7-13-6-14(8-19)10-20(9-13,11-19)26-12-23-18(21)25-26/h2-5,12-14,22H,6-11H2,1H3,(H,24,27)/t13-,14-,19?,20?/m0/s1. The number of anilines is 1. The van der Waals surface area contributed by atoms with Crippen LogP contribution in [0.25, 0.3) is 0 Å². The zero-order chi connectivity index (χ0) is 21.1. The van der Waals surface area contributed by atoms with E-state index < -0.39 is 15.4 Å². The maximum absolute atomic E-state index is 13.5. The van der Waals surface area contributed by atoms with Crippen molar-refractivity contribution in [3.05, 3.63) is 35.3 Å².